The maximum atomic E-state index is 5.63. The van der Waals surface area contributed by atoms with E-state index in [1.807, 2.05) is 6.92 Å². The van der Waals surface area contributed by atoms with E-state index in [1.165, 1.54) is 0 Å². The van der Waals surface area contributed by atoms with Crippen LogP contribution in [-0.4, -0.2) is 19.1 Å². The summed E-state index contributed by atoms with van der Waals surface area (Å²) >= 11 is 0. The van der Waals surface area contributed by atoms with Gasteiger partial charge in [0.15, 0.2) is 0 Å². The standard InChI is InChI=1S/C10H24N2/c1-8(2)9(3)7-12-6-5-10(4)11/h8-10,12H,5-7,11H2,1-4H3. The molecule has 0 spiro atoms. The van der Waals surface area contributed by atoms with E-state index in [-0.39, 0.29) is 0 Å². The highest BCUT2D eigenvalue weighted by molar-refractivity contribution is 4.62. The van der Waals surface area contributed by atoms with E-state index in [4.69, 9.17) is 5.73 Å². The van der Waals surface area contributed by atoms with Crippen LogP contribution in [-0.2, 0) is 0 Å². The Morgan fingerprint density at radius 3 is 2.17 bits per heavy atom. The molecule has 2 nitrogen and oxygen atoms in total. The van der Waals surface area contributed by atoms with Crippen LogP contribution < -0.4 is 11.1 Å². The zero-order valence-electron chi connectivity index (χ0n) is 8.93. The van der Waals surface area contributed by atoms with Crippen molar-refractivity contribution in [2.75, 3.05) is 13.1 Å². The Morgan fingerprint density at radius 2 is 1.75 bits per heavy atom. The molecular formula is C10H24N2. The summed E-state index contributed by atoms with van der Waals surface area (Å²) in [5, 5.41) is 3.42. The van der Waals surface area contributed by atoms with Gasteiger partial charge in [0.2, 0.25) is 0 Å². The minimum atomic E-state index is 0.326. The highest BCUT2D eigenvalue weighted by atomic mass is 14.9. The van der Waals surface area contributed by atoms with Gasteiger partial charge in [0.05, 0.1) is 0 Å². The van der Waals surface area contributed by atoms with E-state index < -0.39 is 0 Å². The molecule has 0 aliphatic carbocycles. The van der Waals surface area contributed by atoms with Gasteiger partial charge in [-0.1, -0.05) is 20.8 Å². The van der Waals surface area contributed by atoms with Crippen LogP contribution in [0.5, 0.6) is 0 Å². The third kappa shape index (κ3) is 6.62. The zero-order valence-corrected chi connectivity index (χ0v) is 8.93. The molecule has 0 rings (SSSR count). The topological polar surface area (TPSA) is 38.0 Å². The van der Waals surface area contributed by atoms with E-state index in [2.05, 4.69) is 26.1 Å². The van der Waals surface area contributed by atoms with E-state index in [0.717, 1.165) is 31.3 Å². The van der Waals surface area contributed by atoms with Gasteiger partial charge < -0.3 is 11.1 Å². The monoisotopic (exact) mass is 172 g/mol. The summed E-state index contributed by atoms with van der Waals surface area (Å²) in [5.74, 6) is 1.53. The lowest BCUT2D eigenvalue weighted by Gasteiger charge is -2.16. The second-order valence-corrected chi connectivity index (χ2v) is 4.19. The minimum Gasteiger partial charge on any atom is -0.328 e. The van der Waals surface area contributed by atoms with Crippen LogP contribution in [0.2, 0.25) is 0 Å². The Bertz CT molecular complexity index is 100. The number of hydrogen-bond donors (Lipinski definition) is 2. The third-order valence-electron chi connectivity index (χ3n) is 2.38. The van der Waals surface area contributed by atoms with Crippen molar-refractivity contribution in [3.05, 3.63) is 0 Å². The first-order valence-electron chi connectivity index (χ1n) is 5.00. The predicted molar refractivity (Wildman–Crippen MR) is 55.1 cm³/mol. The normalized spacial score (nSPS) is 16.5. The Hall–Kier alpha value is -0.0800. The summed E-state index contributed by atoms with van der Waals surface area (Å²) in [6, 6.07) is 0.326. The second kappa shape index (κ2) is 6.44. The number of nitrogens with one attached hydrogen (secondary N) is 1. The summed E-state index contributed by atoms with van der Waals surface area (Å²) in [6.45, 7) is 11.0. The summed E-state index contributed by atoms with van der Waals surface area (Å²) in [7, 11) is 0. The van der Waals surface area contributed by atoms with Gasteiger partial charge in [-0.15, -0.1) is 0 Å². The molecular weight excluding hydrogens is 148 g/mol. The van der Waals surface area contributed by atoms with Gasteiger partial charge in [0.25, 0.3) is 0 Å². The molecule has 3 N–H and O–H groups in total. The molecule has 0 aromatic rings. The fraction of sp³-hybridized carbons (Fsp3) is 1.00. The molecule has 2 unspecified atom stereocenters. The molecule has 0 fully saturated rings. The molecule has 12 heavy (non-hydrogen) atoms. The van der Waals surface area contributed by atoms with Gasteiger partial charge in [0, 0.05) is 6.04 Å². The molecule has 0 aromatic carbocycles. The average molecular weight is 172 g/mol. The molecule has 0 heterocycles. The maximum absolute atomic E-state index is 5.63. The number of nitrogens with two attached hydrogens (primary N) is 1. The molecule has 0 aliphatic rings. The Morgan fingerprint density at radius 1 is 1.17 bits per heavy atom. The molecule has 0 saturated heterocycles. The van der Waals surface area contributed by atoms with Crippen molar-refractivity contribution < 1.29 is 0 Å². The minimum absolute atomic E-state index is 0.326. The van der Waals surface area contributed by atoms with Crippen LogP contribution in [0, 0.1) is 11.8 Å². The first-order chi connectivity index (χ1) is 5.54. The Labute approximate surface area is 76.9 Å². The van der Waals surface area contributed by atoms with Crippen LogP contribution in [0.3, 0.4) is 0 Å². The van der Waals surface area contributed by atoms with Crippen LogP contribution in [0.4, 0.5) is 0 Å². The zero-order chi connectivity index (χ0) is 9.56. The lowest BCUT2D eigenvalue weighted by molar-refractivity contribution is 0.390. The number of rotatable bonds is 6. The van der Waals surface area contributed by atoms with E-state index >= 15 is 0 Å². The van der Waals surface area contributed by atoms with E-state index in [0.29, 0.717) is 6.04 Å². The third-order valence-corrected chi connectivity index (χ3v) is 2.38. The Kier molecular flexibility index (Phi) is 6.39. The molecule has 0 bridgehead atoms. The smallest absolute Gasteiger partial charge is 0.00225 e. The van der Waals surface area contributed by atoms with Gasteiger partial charge in [-0.3, -0.25) is 0 Å². The van der Waals surface area contributed by atoms with Gasteiger partial charge in [-0.05, 0) is 38.3 Å². The van der Waals surface area contributed by atoms with Gasteiger partial charge in [-0.25, -0.2) is 0 Å². The molecule has 74 valence electrons. The average Bonchev–Trinajstić information content (AvgIpc) is 1.97. The van der Waals surface area contributed by atoms with Crippen molar-refractivity contribution in [2.24, 2.45) is 17.6 Å². The number of hydrogen-bond acceptors (Lipinski definition) is 2. The van der Waals surface area contributed by atoms with Crippen molar-refractivity contribution in [2.45, 2.75) is 40.2 Å². The molecule has 0 radical (unpaired) electrons. The summed E-state index contributed by atoms with van der Waals surface area (Å²) in [4.78, 5) is 0. The highest BCUT2D eigenvalue weighted by Gasteiger charge is 2.05. The fourth-order valence-corrected chi connectivity index (χ4v) is 0.895. The summed E-state index contributed by atoms with van der Waals surface area (Å²) < 4.78 is 0. The molecule has 0 amide bonds. The van der Waals surface area contributed by atoms with Crippen LogP contribution >= 0.6 is 0 Å². The first kappa shape index (κ1) is 11.9. The van der Waals surface area contributed by atoms with Crippen molar-refractivity contribution in [1.82, 2.24) is 5.32 Å². The van der Waals surface area contributed by atoms with Crippen LogP contribution in [0.25, 0.3) is 0 Å². The van der Waals surface area contributed by atoms with Crippen molar-refractivity contribution in [1.29, 1.82) is 0 Å². The molecule has 2 heteroatoms. The largest absolute Gasteiger partial charge is 0.328 e. The van der Waals surface area contributed by atoms with Gasteiger partial charge in [0.1, 0.15) is 0 Å². The maximum Gasteiger partial charge on any atom is 0.00225 e. The van der Waals surface area contributed by atoms with Crippen molar-refractivity contribution >= 4 is 0 Å². The van der Waals surface area contributed by atoms with Gasteiger partial charge in [-0.2, -0.15) is 0 Å². The summed E-state index contributed by atoms with van der Waals surface area (Å²) in [5.41, 5.74) is 5.63. The predicted octanol–water partition coefficient (Wildman–Crippen LogP) is 1.61. The lowest BCUT2D eigenvalue weighted by atomic mass is 9.98. The quantitative estimate of drug-likeness (QED) is 0.597. The molecule has 0 aromatic heterocycles. The SMILES string of the molecule is CC(N)CCNCC(C)C(C)C. The van der Waals surface area contributed by atoms with Crippen molar-refractivity contribution in [3.63, 3.8) is 0 Å². The Balaban J connectivity index is 3.20. The molecule has 0 aliphatic heterocycles. The van der Waals surface area contributed by atoms with E-state index in [9.17, 15) is 0 Å². The first-order valence-corrected chi connectivity index (χ1v) is 5.00. The van der Waals surface area contributed by atoms with E-state index in [1.54, 1.807) is 0 Å². The highest BCUT2D eigenvalue weighted by Crippen LogP contribution is 2.07. The van der Waals surface area contributed by atoms with Crippen molar-refractivity contribution in [3.8, 4) is 0 Å². The molecule has 2 atom stereocenters. The fourth-order valence-electron chi connectivity index (χ4n) is 0.895. The summed E-state index contributed by atoms with van der Waals surface area (Å²) in [6.07, 6.45) is 1.07. The second-order valence-electron chi connectivity index (χ2n) is 4.19. The lowest BCUT2D eigenvalue weighted by Crippen LogP contribution is -2.28. The van der Waals surface area contributed by atoms with Crippen LogP contribution in [0.15, 0.2) is 0 Å². The molecule has 0 saturated carbocycles. The van der Waals surface area contributed by atoms with Crippen LogP contribution in [0.1, 0.15) is 34.1 Å². The van der Waals surface area contributed by atoms with Gasteiger partial charge >= 0.3 is 0 Å².